The van der Waals surface area contributed by atoms with E-state index in [1.165, 1.54) is 18.5 Å². The van der Waals surface area contributed by atoms with Gasteiger partial charge in [-0.25, -0.2) is 14.4 Å². The molecule has 0 bridgehead atoms. The van der Waals surface area contributed by atoms with Crippen molar-refractivity contribution >= 4 is 17.4 Å². The summed E-state index contributed by atoms with van der Waals surface area (Å²) >= 11 is 5.85. The molecular formula is C15H14ClFN2. The standard InChI is InChI=1S/C15H14ClFN2/c1-15(2,11-4-6-12(16)7-5-11)10-13(17)14-18-8-3-9-19-14/h3-10H,1-2H3. The van der Waals surface area contributed by atoms with Crippen molar-refractivity contribution in [2.75, 3.05) is 0 Å². The summed E-state index contributed by atoms with van der Waals surface area (Å²) in [5.41, 5.74) is 0.511. The molecule has 4 heteroatoms. The molecule has 98 valence electrons. The van der Waals surface area contributed by atoms with Gasteiger partial charge in [0.1, 0.15) is 0 Å². The summed E-state index contributed by atoms with van der Waals surface area (Å²) in [6.45, 7) is 3.86. The second-order valence-electron chi connectivity index (χ2n) is 4.79. The summed E-state index contributed by atoms with van der Waals surface area (Å²) in [7, 11) is 0. The Kier molecular flexibility index (Phi) is 3.96. The summed E-state index contributed by atoms with van der Waals surface area (Å²) in [5.74, 6) is -0.329. The van der Waals surface area contributed by atoms with Crippen LogP contribution in [-0.4, -0.2) is 9.97 Å². The second-order valence-corrected chi connectivity index (χ2v) is 5.23. The lowest BCUT2D eigenvalue weighted by atomic mass is 9.84. The van der Waals surface area contributed by atoms with Crippen molar-refractivity contribution in [1.82, 2.24) is 9.97 Å². The maximum absolute atomic E-state index is 14.1. The first-order valence-corrected chi connectivity index (χ1v) is 6.28. The monoisotopic (exact) mass is 276 g/mol. The smallest absolute Gasteiger partial charge is 0.188 e. The van der Waals surface area contributed by atoms with Crippen LogP contribution < -0.4 is 0 Å². The number of rotatable bonds is 3. The molecule has 0 aliphatic rings. The first kappa shape index (κ1) is 13.7. The minimum atomic E-state index is -0.464. The molecule has 0 atom stereocenters. The average molecular weight is 277 g/mol. The van der Waals surface area contributed by atoms with Crippen LogP contribution in [0, 0.1) is 0 Å². The lowest BCUT2D eigenvalue weighted by Gasteiger charge is -2.21. The summed E-state index contributed by atoms with van der Waals surface area (Å²) in [6, 6.07) is 9.02. The third kappa shape index (κ3) is 3.38. The molecule has 2 aromatic rings. The van der Waals surface area contributed by atoms with Crippen LogP contribution in [0.1, 0.15) is 25.2 Å². The fourth-order valence-corrected chi connectivity index (χ4v) is 1.89. The summed E-state index contributed by atoms with van der Waals surface area (Å²) in [5, 5.41) is 0.662. The molecule has 1 aromatic carbocycles. The molecule has 1 aromatic heterocycles. The van der Waals surface area contributed by atoms with E-state index in [1.807, 2.05) is 26.0 Å². The Labute approximate surface area is 117 Å². The molecule has 0 N–H and O–H groups in total. The van der Waals surface area contributed by atoms with Crippen molar-refractivity contribution in [3.8, 4) is 0 Å². The molecule has 0 unspecified atom stereocenters. The first-order valence-electron chi connectivity index (χ1n) is 5.91. The maximum atomic E-state index is 14.1. The van der Waals surface area contributed by atoms with Crippen LogP contribution in [0.3, 0.4) is 0 Å². The fraction of sp³-hybridized carbons (Fsp3) is 0.200. The van der Waals surface area contributed by atoms with Gasteiger partial charge in [0.2, 0.25) is 0 Å². The molecule has 2 nitrogen and oxygen atoms in total. The van der Waals surface area contributed by atoms with Crippen LogP contribution in [0.5, 0.6) is 0 Å². The van der Waals surface area contributed by atoms with E-state index in [1.54, 1.807) is 18.2 Å². The van der Waals surface area contributed by atoms with E-state index in [2.05, 4.69) is 9.97 Å². The normalized spacial score (nSPS) is 12.5. The highest BCUT2D eigenvalue weighted by molar-refractivity contribution is 6.30. The van der Waals surface area contributed by atoms with Crippen molar-refractivity contribution in [1.29, 1.82) is 0 Å². The molecule has 1 heterocycles. The van der Waals surface area contributed by atoms with E-state index in [-0.39, 0.29) is 5.82 Å². The Morgan fingerprint density at radius 3 is 2.32 bits per heavy atom. The number of hydrogen-bond acceptors (Lipinski definition) is 2. The lowest BCUT2D eigenvalue weighted by Crippen LogP contribution is -2.14. The van der Waals surface area contributed by atoms with E-state index >= 15 is 0 Å². The fourth-order valence-electron chi connectivity index (χ4n) is 1.77. The van der Waals surface area contributed by atoms with Gasteiger partial charge in [0.15, 0.2) is 11.7 Å². The van der Waals surface area contributed by atoms with Crippen molar-refractivity contribution in [3.63, 3.8) is 0 Å². The summed E-state index contributed by atoms with van der Waals surface area (Å²) < 4.78 is 14.1. The molecule has 19 heavy (non-hydrogen) atoms. The topological polar surface area (TPSA) is 25.8 Å². The molecule has 0 fully saturated rings. The largest absolute Gasteiger partial charge is 0.235 e. The van der Waals surface area contributed by atoms with Gasteiger partial charge in [0.05, 0.1) is 0 Å². The average Bonchev–Trinajstić information content (AvgIpc) is 2.40. The third-order valence-electron chi connectivity index (χ3n) is 2.86. The second kappa shape index (κ2) is 5.49. The van der Waals surface area contributed by atoms with Gasteiger partial charge in [-0.2, -0.15) is 0 Å². The zero-order chi connectivity index (χ0) is 13.9. The number of halogens is 2. The zero-order valence-electron chi connectivity index (χ0n) is 10.8. The Morgan fingerprint density at radius 2 is 1.74 bits per heavy atom. The van der Waals surface area contributed by atoms with Crippen molar-refractivity contribution in [2.24, 2.45) is 0 Å². The highest BCUT2D eigenvalue weighted by atomic mass is 35.5. The van der Waals surface area contributed by atoms with Crippen molar-refractivity contribution < 1.29 is 4.39 Å². The molecule has 0 amide bonds. The minimum absolute atomic E-state index is 0.101. The predicted octanol–water partition coefficient (Wildman–Crippen LogP) is 4.42. The van der Waals surface area contributed by atoms with Gasteiger partial charge in [-0.15, -0.1) is 0 Å². The third-order valence-corrected chi connectivity index (χ3v) is 3.11. The molecular weight excluding hydrogens is 263 g/mol. The van der Waals surface area contributed by atoms with E-state index in [0.717, 1.165) is 5.56 Å². The molecule has 2 rings (SSSR count). The number of benzene rings is 1. The molecule has 0 saturated carbocycles. The summed E-state index contributed by atoms with van der Waals surface area (Å²) in [4.78, 5) is 7.79. The van der Waals surface area contributed by atoms with Crippen LogP contribution in [0.2, 0.25) is 5.02 Å². The molecule has 0 saturated heterocycles. The number of nitrogens with zero attached hydrogens (tertiary/aromatic N) is 2. The molecule has 0 aliphatic carbocycles. The van der Waals surface area contributed by atoms with Crippen LogP contribution >= 0.6 is 11.6 Å². The Hall–Kier alpha value is -1.74. The Balaban J connectivity index is 2.32. The van der Waals surface area contributed by atoms with Gasteiger partial charge in [-0.1, -0.05) is 37.6 Å². The SMILES string of the molecule is CC(C)(C=C(F)c1ncccn1)c1ccc(Cl)cc1. The van der Waals surface area contributed by atoms with E-state index < -0.39 is 11.2 Å². The lowest BCUT2D eigenvalue weighted by molar-refractivity contribution is 0.644. The van der Waals surface area contributed by atoms with Crippen LogP contribution in [0.25, 0.3) is 5.83 Å². The van der Waals surface area contributed by atoms with E-state index in [4.69, 9.17) is 11.6 Å². The number of aromatic nitrogens is 2. The highest BCUT2D eigenvalue weighted by Gasteiger charge is 2.20. The molecule has 0 radical (unpaired) electrons. The minimum Gasteiger partial charge on any atom is -0.235 e. The van der Waals surface area contributed by atoms with Crippen LogP contribution in [-0.2, 0) is 5.41 Å². The highest BCUT2D eigenvalue weighted by Crippen LogP contribution is 2.29. The molecule has 0 spiro atoms. The van der Waals surface area contributed by atoms with Gasteiger partial charge in [-0.05, 0) is 29.8 Å². The zero-order valence-corrected chi connectivity index (χ0v) is 11.5. The van der Waals surface area contributed by atoms with Crippen molar-refractivity contribution in [2.45, 2.75) is 19.3 Å². The predicted molar refractivity (Wildman–Crippen MR) is 75.6 cm³/mol. The van der Waals surface area contributed by atoms with Crippen LogP contribution in [0.4, 0.5) is 4.39 Å². The van der Waals surface area contributed by atoms with Gasteiger partial charge in [-0.3, -0.25) is 0 Å². The van der Waals surface area contributed by atoms with Gasteiger partial charge < -0.3 is 0 Å². The Morgan fingerprint density at radius 1 is 1.16 bits per heavy atom. The van der Waals surface area contributed by atoms with Crippen LogP contribution in [0.15, 0.2) is 48.8 Å². The van der Waals surface area contributed by atoms with Gasteiger partial charge >= 0.3 is 0 Å². The van der Waals surface area contributed by atoms with Gasteiger partial charge in [0, 0.05) is 22.8 Å². The quantitative estimate of drug-likeness (QED) is 0.829. The van der Waals surface area contributed by atoms with E-state index in [9.17, 15) is 4.39 Å². The summed E-state index contributed by atoms with van der Waals surface area (Å²) in [6.07, 6.45) is 4.56. The number of hydrogen-bond donors (Lipinski definition) is 0. The Bertz CT molecular complexity index is 577. The number of allylic oxidation sites excluding steroid dienone is 1. The van der Waals surface area contributed by atoms with E-state index in [0.29, 0.717) is 5.02 Å². The maximum Gasteiger partial charge on any atom is 0.188 e. The molecule has 0 aliphatic heterocycles. The van der Waals surface area contributed by atoms with Gasteiger partial charge in [0.25, 0.3) is 0 Å². The van der Waals surface area contributed by atoms with Crippen molar-refractivity contribution in [3.05, 3.63) is 65.2 Å². The first-order chi connectivity index (χ1) is 8.99.